The molecule has 0 aromatic heterocycles. The number of hydrogen-bond donors (Lipinski definition) is 1. The lowest BCUT2D eigenvalue weighted by atomic mass is 9.84. The molecular weight excluding hydrogens is 196 g/mol. The fourth-order valence-electron chi connectivity index (χ4n) is 1.14. The largest absolute Gasteiger partial charge is 0.481 e. The van der Waals surface area contributed by atoms with Crippen LogP contribution in [0.3, 0.4) is 0 Å². The van der Waals surface area contributed by atoms with Gasteiger partial charge in [-0.2, -0.15) is 0 Å². The predicted molar refractivity (Wildman–Crippen MR) is 58.0 cm³/mol. The Morgan fingerprint density at radius 1 is 1.33 bits per heavy atom. The highest BCUT2D eigenvalue weighted by atomic mass is 16.5. The second-order valence-corrected chi connectivity index (χ2v) is 3.93. The van der Waals surface area contributed by atoms with E-state index in [1.807, 2.05) is 6.92 Å². The number of ether oxygens (including phenoxy) is 2. The second-order valence-electron chi connectivity index (χ2n) is 3.93. The molecule has 1 unspecified atom stereocenters. The summed E-state index contributed by atoms with van der Waals surface area (Å²) in [6, 6.07) is 0. The van der Waals surface area contributed by atoms with E-state index in [9.17, 15) is 4.79 Å². The van der Waals surface area contributed by atoms with E-state index in [1.54, 1.807) is 14.0 Å². The molecule has 15 heavy (non-hydrogen) atoms. The number of carboxylic acids is 1. The average molecular weight is 218 g/mol. The van der Waals surface area contributed by atoms with Gasteiger partial charge >= 0.3 is 5.97 Å². The molecule has 0 rings (SSSR count). The van der Waals surface area contributed by atoms with Gasteiger partial charge in [-0.15, -0.1) is 0 Å². The van der Waals surface area contributed by atoms with Crippen LogP contribution in [0.2, 0.25) is 0 Å². The summed E-state index contributed by atoms with van der Waals surface area (Å²) in [5, 5.41) is 9.00. The molecule has 4 nitrogen and oxygen atoms in total. The third kappa shape index (κ3) is 5.74. The summed E-state index contributed by atoms with van der Waals surface area (Å²) in [5.41, 5.74) is -0.652. The highest BCUT2D eigenvalue weighted by Crippen LogP contribution is 2.25. The Bertz CT molecular complexity index is 181. The molecule has 0 aliphatic rings. The van der Waals surface area contributed by atoms with Crippen molar-refractivity contribution in [3.63, 3.8) is 0 Å². The zero-order valence-corrected chi connectivity index (χ0v) is 9.91. The monoisotopic (exact) mass is 218 g/mol. The van der Waals surface area contributed by atoms with Crippen molar-refractivity contribution in [3.8, 4) is 0 Å². The molecule has 0 aliphatic heterocycles. The topological polar surface area (TPSA) is 55.8 Å². The lowest BCUT2D eigenvalue weighted by molar-refractivity contribution is -0.149. The van der Waals surface area contributed by atoms with E-state index < -0.39 is 11.4 Å². The van der Waals surface area contributed by atoms with Gasteiger partial charge in [0.05, 0.1) is 5.41 Å². The van der Waals surface area contributed by atoms with Crippen molar-refractivity contribution < 1.29 is 19.4 Å². The van der Waals surface area contributed by atoms with Crippen LogP contribution in [0.25, 0.3) is 0 Å². The van der Waals surface area contributed by atoms with Crippen LogP contribution in [0.15, 0.2) is 0 Å². The number of aliphatic carboxylic acids is 1. The zero-order chi connectivity index (χ0) is 11.7. The van der Waals surface area contributed by atoms with Gasteiger partial charge in [0.1, 0.15) is 0 Å². The molecule has 90 valence electrons. The molecule has 0 spiro atoms. The van der Waals surface area contributed by atoms with E-state index in [2.05, 4.69) is 0 Å². The van der Waals surface area contributed by atoms with Gasteiger partial charge < -0.3 is 14.6 Å². The summed E-state index contributed by atoms with van der Waals surface area (Å²) in [4.78, 5) is 10.9. The first-order valence-corrected chi connectivity index (χ1v) is 5.37. The van der Waals surface area contributed by atoms with Crippen LogP contribution in [0.5, 0.6) is 0 Å². The third-order valence-corrected chi connectivity index (χ3v) is 2.73. The van der Waals surface area contributed by atoms with Crippen molar-refractivity contribution in [1.29, 1.82) is 0 Å². The minimum atomic E-state index is -0.745. The van der Waals surface area contributed by atoms with Crippen LogP contribution in [0.1, 0.15) is 33.1 Å². The Labute approximate surface area is 91.6 Å². The van der Waals surface area contributed by atoms with Crippen molar-refractivity contribution >= 4 is 5.97 Å². The van der Waals surface area contributed by atoms with Crippen molar-refractivity contribution in [2.75, 3.05) is 26.9 Å². The van der Waals surface area contributed by atoms with Gasteiger partial charge in [0, 0.05) is 26.9 Å². The van der Waals surface area contributed by atoms with Crippen LogP contribution in [0.4, 0.5) is 0 Å². The second kappa shape index (κ2) is 7.65. The Hall–Kier alpha value is -0.610. The number of rotatable bonds is 9. The first-order valence-electron chi connectivity index (χ1n) is 5.37. The molecule has 0 saturated heterocycles. The molecule has 0 fully saturated rings. The fraction of sp³-hybridized carbons (Fsp3) is 0.909. The zero-order valence-electron chi connectivity index (χ0n) is 9.91. The number of methoxy groups -OCH3 is 1. The molecule has 0 heterocycles. The van der Waals surface area contributed by atoms with Gasteiger partial charge in [-0.1, -0.05) is 6.92 Å². The van der Waals surface area contributed by atoms with Gasteiger partial charge in [0.25, 0.3) is 0 Å². The van der Waals surface area contributed by atoms with Crippen LogP contribution in [0, 0.1) is 5.41 Å². The van der Waals surface area contributed by atoms with E-state index in [0.29, 0.717) is 32.7 Å². The molecule has 4 heteroatoms. The minimum Gasteiger partial charge on any atom is -0.481 e. The Balaban J connectivity index is 3.60. The SMILES string of the molecule is CCC(C)(CCOCCCOC)C(=O)O. The Kier molecular flexibility index (Phi) is 7.34. The Morgan fingerprint density at radius 2 is 2.00 bits per heavy atom. The highest BCUT2D eigenvalue weighted by Gasteiger charge is 2.30. The molecular formula is C11H22O4. The normalized spacial score (nSPS) is 14.9. The summed E-state index contributed by atoms with van der Waals surface area (Å²) < 4.78 is 10.2. The van der Waals surface area contributed by atoms with E-state index >= 15 is 0 Å². The van der Waals surface area contributed by atoms with E-state index in [-0.39, 0.29) is 0 Å². The van der Waals surface area contributed by atoms with Crippen LogP contribution >= 0.6 is 0 Å². The van der Waals surface area contributed by atoms with Crippen LogP contribution < -0.4 is 0 Å². The first-order chi connectivity index (χ1) is 7.06. The van der Waals surface area contributed by atoms with Crippen LogP contribution in [-0.2, 0) is 14.3 Å². The first kappa shape index (κ1) is 14.4. The lowest BCUT2D eigenvalue weighted by Gasteiger charge is -2.22. The van der Waals surface area contributed by atoms with Gasteiger partial charge in [-0.3, -0.25) is 4.79 Å². The maximum atomic E-state index is 10.9. The quantitative estimate of drug-likeness (QED) is 0.601. The van der Waals surface area contributed by atoms with Gasteiger partial charge in [-0.25, -0.2) is 0 Å². The van der Waals surface area contributed by atoms with E-state index in [4.69, 9.17) is 14.6 Å². The summed E-state index contributed by atoms with van der Waals surface area (Å²) in [7, 11) is 1.65. The number of carbonyl (C=O) groups is 1. The highest BCUT2D eigenvalue weighted by molar-refractivity contribution is 5.73. The van der Waals surface area contributed by atoms with Crippen molar-refractivity contribution in [3.05, 3.63) is 0 Å². The summed E-state index contributed by atoms with van der Waals surface area (Å²) in [5.74, 6) is -0.745. The molecule has 0 amide bonds. The Morgan fingerprint density at radius 3 is 2.47 bits per heavy atom. The maximum Gasteiger partial charge on any atom is 0.309 e. The molecule has 0 bridgehead atoms. The molecule has 0 saturated carbocycles. The van der Waals surface area contributed by atoms with Crippen LogP contribution in [-0.4, -0.2) is 38.0 Å². The van der Waals surface area contributed by atoms with Gasteiger partial charge in [0.2, 0.25) is 0 Å². The minimum absolute atomic E-state index is 0.500. The van der Waals surface area contributed by atoms with Gasteiger partial charge in [-0.05, 0) is 26.2 Å². The van der Waals surface area contributed by atoms with Gasteiger partial charge in [0.15, 0.2) is 0 Å². The molecule has 0 radical (unpaired) electrons. The van der Waals surface area contributed by atoms with E-state index in [0.717, 1.165) is 6.42 Å². The summed E-state index contributed by atoms with van der Waals surface area (Å²) >= 11 is 0. The average Bonchev–Trinajstić information content (AvgIpc) is 2.22. The smallest absolute Gasteiger partial charge is 0.309 e. The van der Waals surface area contributed by atoms with Crippen molar-refractivity contribution in [1.82, 2.24) is 0 Å². The molecule has 0 aliphatic carbocycles. The fourth-order valence-corrected chi connectivity index (χ4v) is 1.14. The summed E-state index contributed by atoms with van der Waals surface area (Å²) in [6.45, 7) is 5.46. The third-order valence-electron chi connectivity index (χ3n) is 2.73. The standard InChI is InChI=1S/C11H22O4/c1-4-11(2,10(12)13)6-9-15-8-5-7-14-3/h4-9H2,1-3H3,(H,12,13). The molecule has 0 aromatic carbocycles. The van der Waals surface area contributed by atoms with Crippen molar-refractivity contribution in [2.24, 2.45) is 5.41 Å². The van der Waals surface area contributed by atoms with Crippen molar-refractivity contribution in [2.45, 2.75) is 33.1 Å². The van der Waals surface area contributed by atoms with E-state index in [1.165, 1.54) is 0 Å². The summed E-state index contributed by atoms with van der Waals surface area (Å²) in [6.07, 6.45) is 2.04. The molecule has 0 aromatic rings. The maximum absolute atomic E-state index is 10.9. The lowest BCUT2D eigenvalue weighted by Crippen LogP contribution is -2.28. The molecule has 1 N–H and O–H groups in total. The number of carboxylic acid groups (broad SMARTS) is 1. The predicted octanol–water partition coefficient (Wildman–Crippen LogP) is 1.93. The number of hydrogen-bond acceptors (Lipinski definition) is 3. The molecule has 1 atom stereocenters.